The van der Waals surface area contributed by atoms with Crippen LogP contribution in [0.3, 0.4) is 0 Å². The van der Waals surface area contributed by atoms with Crippen LogP contribution >= 0.6 is 0 Å². The van der Waals surface area contributed by atoms with Crippen molar-refractivity contribution in [3.8, 4) is 11.4 Å². The van der Waals surface area contributed by atoms with E-state index in [9.17, 15) is 0 Å². The summed E-state index contributed by atoms with van der Waals surface area (Å²) in [5.74, 6) is 2.07. The molecule has 1 aliphatic carbocycles. The second-order valence-corrected chi connectivity index (χ2v) is 7.64. The van der Waals surface area contributed by atoms with E-state index in [1.165, 1.54) is 36.3 Å². The molecule has 0 N–H and O–H groups in total. The summed E-state index contributed by atoms with van der Waals surface area (Å²) >= 11 is 0. The Balaban J connectivity index is 1.48. The van der Waals surface area contributed by atoms with Gasteiger partial charge in [0.05, 0.1) is 5.60 Å². The molecule has 1 spiro atoms. The summed E-state index contributed by atoms with van der Waals surface area (Å²) in [6.45, 7) is 3.05. The van der Waals surface area contributed by atoms with Crippen LogP contribution in [0.5, 0.6) is 0 Å². The van der Waals surface area contributed by atoms with Gasteiger partial charge in [0, 0.05) is 36.5 Å². The minimum Gasteiger partial charge on any atom is -0.375 e. The number of piperidine rings is 1. The van der Waals surface area contributed by atoms with Crippen molar-refractivity contribution in [2.75, 3.05) is 24.6 Å². The molecule has 3 aliphatic rings. The van der Waals surface area contributed by atoms with Crippen LogP contribution in [0.4, 0.5) is 5.82 Å². The van der Waals surface area contributed by atoms with Crippen molar-refractivity contribution in [3.63, 3.8) is 0 Å². The number of hydrogen-bond donors (Lipinski definition) is 0. The third-order valence-electron chi connectivity index (χ3n) is 6.10. The Bertz CT molecular complexity index is 758. The molecular weight excluding hydrogens is 310 g/mol. The van der Waals surface area contributed by atoms with Gasteiger partial charge in [0.2, 0.25) is 0 Å². The lowest BCUT2D eigenvalue weighted by atomic mass is 9.88. The van der Waals surface area contributed by atoms with E-state index in [-0.39, 0.29) is 5.60 Å². The zero-order valence-corrected chi connectivity index (χ0v) is 14.7. The van der Waals surface area contributed by atoms with Crippen LogP contribution in [0.25, 0.3) is 11.4 Å². The van der Waals surface area contributed by atoms with Gasteiger partial charge in [0.1, 0.15) is 5.82 Å². The molecule has 0 unspecified atom stereocenters. The van der Waals surface area contributed by atoms with Crippen LogP contribution in [0.2, 0.25) is 0 Å². The molecule has 4 nitrogen and oxygen atoms in total. The fourth-order valence-corrected chi connectivity index (χ4v) is 4.67. The summed E-state index contributed by atoms with van der Waals surface area (Å²) in [4.78, 5) is 12.4. The van der Waals surface area contributed by atoms with Gasteiger partial charge in [-0.15, -0.1) is 0 Å². The molecule has 0 saturated carbocycles. The first-order valence-corrected chi connectivity index (χ1v) is 9.67. The van der Waals surface area contributed by atoms with Gasteiger partial charge >= 0.3 is 0 Å². The van der Waals surface area contributed by atoms with Crippen molar-refractivity contribution < 1.29 is 4.74 Å². The Kier molecular flexibility index (Phi) is 3.74. The molecule has 2 fully saturated rings. The van der Waals surface area contributed by atoms with E-state index in [0.717, 1.165) is 56.8 Å². The lowest BCUT2D eigenvalue weighted by molar-refractivity contribution is -0.0147. The Hall–Kier alpha value is -1.94. The van der Waals surface area contributed by atoms with Crippen molar-refractivity contribution in [1.82, 2.24) is 9.97 Å². The zero-order valence-electron chi connectivity index (χ0n) is 14.7. The van der Waals surface area contributed by atoms with Crippen molar-refractivity contribution in [1.29, 1.82) is 0 Å². The molecule has 2 saturated heterocycles. The highest BCUT2D eigenvalue weighted by atomic mass is 16.5. The minimum atomic E-state index is 0.162. The van der Waals surface area contributed by atoms with Gasteiger partial charge in [-0.25, -0.2) is 9.97 Å². The molecule has 3 heterocycles. The number of nitrogens with zero attached hydrogens (tertiary/aromatic N) is 3. The van der Waals surface area contributed by atoms with Crippen LogP contribution in [-0.4, -0.2) is 35.3 Å². The summed E-state index contributed by atoms with van der Waals surface area (Å²) < 4.78 is 6.09. The van der Waals surface area contributed by atoms with E-state index in [4.69, 9.17) is 14.7 Å². The van der Waals surface area contributed by atoms with E-state index in [2.05, 4.69) is 29.2 Å². The van der Waals surface area contributed by atoms with Gasteiger partial charge < -0.3 is 9.64 Å². The Morgan fingerprint density at radius 2 is 1.76 bits per heavy atom. The van der Waals surface area contributed by atoms with Gasteiger partial charge in [-0.3, -0.25) is 0 Å². The fourth-order valence-electron chi connectivity index (χ4n) is 4.67. The Labute approximate surface area is 149 Å². The van der Waals surface area contributed by atoms with Crippen LogP contribution in [0.1, 0.15) is 43.4 Å². The summed E-state index contributed by atoms with van der Waals surface area (Å²) in [7, 11) is 0. The molecule has 0 bridgehead atoms. The maximum Gasteiger partial charge on any atom is 0.161 e. The van der Waals surface area contributed by atoms with E-state index in [1.807, 2.05) is 6.07 Å². The lowest BCUT2D eigenvalue weighted by Gasteiger charge is -2.39. The van der Waals surface area contributed by atoms with Gasteiger partial charge in [-0.05, 0) is 44.9 Å². The second-order valence-electron chi connectivity index (χ2n) is 7.64. The monoisotopic (exact) mass is 335 g/mol. The Morgan fingerprint density at radius 1 is 0.920 bits per heavy atom. The molecule has 4 heteroatoms. The van der Waals surface area contributed by atoms with Crippen molar-refractivity contribution in [2.45, 2.75) is 50.5 Å². The predicted octanol–water partition coefficient (Wildman–Crippen LogP) is 3.78. The SMILES string of the molecule is c1ccc(-c2nc3c(c(N4CCC5(CCCO5)CC4)n2)CCC3)cc1. The number of ether oxygens (including phenoxy) is 1. The Morgan fingerprint density at radius 3 is 2.52 bits per heavy atom. The van der Waals surface area contributed by atoms with Gasteiger partial charge in [0.25, 0.3) is 0 Å². The molecule has 0 amide bonds. The third kappa shape index (κ3) is 2.73. The van der Waals surface area contributed by atoms with Crippen molar-refractivity contribution in [3.05, 3.63) is 41.6 Å². The standard InChI is InChI=1S/C21H25N3O/c1-2-6-16(7-3-1)19-22-18-9-4-8-17(18)20(23-19)24-13-11-21(12-14-24)10-5-15-25-21/h1-3,6-7H,4-5,8-15H2. The average molecular weight is 335 g/mol. The molecule has 130 valence electrons. The first kappa shape index (κ1) is 15.3. The zero-order chi connectivity index (χ0) is 16.7. The van der Waals surface area contributed by atoms with Gasteiger partial charge in [-0.2, -0.15) is 0 Å². The van der Waals surface area contributed by atoms with E-state index in [0.29, 0.717) is 0 Å². The molecule has 0 atom stereocenters. The predicted molar refractivity (Wildman–Crippen MR) is 98.9 cm³/mol. The molecule has 0 radical (unpaired) electrons. The molecule has 1 aromatic carbocycles. The number of rotatable bonds is 2. The van der Waals surface area contributed by atoms with Crippen LogP contribution < -0.4 is 4.90 Å². The highest BCUT2D eigenvalue weighted by molar-refractivity contribution is 5.61. The number of benzene rings is 1. The minimum absolute atomic E-state index is 0.162. The molecule has 1 aromatic heterocycles. The first-order chi connectivity index (χ1) is 12.3. The number of aryl methyl sites for hydroxylation is 1. The van der Waals surface area contributed by atoms with Gasteiger partial charge in [0.15, 0.2) is 5.82 Å². The maximum atomic E-state index is 6.09. The fraction of sp³-hybridized carbons (Fsp3) is 0.524. The largest absolute Gasteiger partial charge is 0.375 e. The molecule has 2 aromatic rings. The molecule has 25 heavy (non-hydrogen) atoms. The second kappa shape index (κ2) is 6.10. The third-order valence-corrected chi connectivity index (χ3v) is 6.10. The van der Waals surface area contributed by atoms with Crippen LogP contribution in [0, 0.1) is 0 Å². The molecule has 2 aliphatic heterocycles. The highest BCUT2D eigenvalue weighted by Crippen LogP contribution is 2.39. The lowest BCUT2D eigenvalue weighted by Crippen LogP contribution is -2.44. The summed E-state index contributed by atoms with van der Waals surface area (Å²) in [6, 6.07) is 10.4. The number of fused-ring (bicyclic) bond motifs is 1. The summed E-state index contributed by atoms with van der Waals surface area (Å²) in [5.41, 5.74) is 3.94. The van der Waals surface area contributed by atoms with Crippen LogP contribution in [-0.2, 0) is 17.6 Å². The average Bonchev–Trinajstić information content (AvgIpc) is 3.32. The van der Waals surface area contributed by atoms with Crippen molar-refractivity contribution in [2.24, 2.45) is 0 Å². The molecular formula is C21H25N3O. The summed E-state index contributed by atoms with van der Waals surface area (Å²) in [6.07, 6.45) is 8.14. The summed E-state index contributed by atoms with van der Waals surface area (Å²) in [5, 5.41) is 0. The number of aromatic nitrogens is 2. The first-order valence-electron chi connectivity index (χ1n) is 9.67. The smallest absolute Gasteiger partial charge is 0.161 e. The number of anilines is 1. The maximum absolute atomic E-state index is 6.09. The van der Waals surface area contributed by atoms with E-state index >= 15 is 0 Å². The topological polar surface area (TPSA) is 38.2 Å². The quantitative estimate of drug-likeness (QED) is 0.837. The highest BCUT2D eigenvalue weighted by Gasteiger charge is 2.39. The van der Waals surface area contributed by atoms with E-state index in [1.54, 1.807) is 0 Å². The normalized spacial score (nSPS) is 21.7. The number of hydrogen-bond acceptors (Lipinski definition) is 4. The van der Waals surface area contributed by atoms with Crippen molar-refractivity contribution >= 4 is 5.82 Å². The molecule has 5 rings (SSSR count). The van der Waals surface area contributed by atoms with E-state index < -0.39 is 0 Å². The van der Waals surface area contributed by atoms with Gasteiger partial charge in [-0.1, -0.05) is 30.3 Å². The van der Waals surface area contributed by atoms with Crippen LogP contribution in [0.15, 0.2) is 30.3 Å².